The number of phenols is 2. The number of rotatable bonds is 3. The van der Waals surface area contributed by atoms with Crippen LogP contribution >= 0.6 is 11.6 Å². The molecular weight excluding hydrogens is 240 g/mol. The first-order valence-electron chi connectivity index (χ1n) is 5.05. The quantitative estimate of drug-likeness (QED) is 0.822. The van der Waals surface area contributed by atoms with Crippen molar-refractivity contribution in [1.82, 2.24) is 0 Å². The average molecular weight is 251 g/mol. The maximum Gasteiger partial charge on any atom is 0.157 e. The van der Waals surface area contributed by atoms with Gasteiger partial charge in [-0.2, -0.15) is 0 Å². The Kier molecular flexibility index (Phi) is 3.40. The SMILES string of the molecule is Oc1ccc(COc2ccccc2Cl)cc1O. The fraction of sp³-hybridized carbons (Fsp3) is 0.0769. The van der Waals surface area contributed by atoms with E-state index in [-0.39, 0.29) is 18.1 Å². The second-order valence-corrected chi connectivity index (χ2v) is 3.95. The molecule has 88 valence electrons. The molecule has 0 saturated carbocycles. The highest BCUT2D eigenvalue weighted by Crippen LogP contribution is 2.27. The molecule has 0 aliphatic heterocycles. The first kappa shape index (κ1) is 11.6. The summed E-state index contributed by atoms with van der Waals surface area (Å²) in [5, 5.41) is 19.0. The normalized spacial score (nSPS) is 10.2. The molecule has 0 fully saturated rings. The molecule has 3 nitrogen and oxygen atoms in total. The van der Waals surface area contributed by atoms with E-state index in [4.69, 9.17) is 21.4 Å². The summed E-state index contributed by atoms with van der Waals surface area (Å²) in [7, 11) is 0. The largest absolute Gasteiger partial charge is 0.504 e. The molecule has 0 radical (unpaired) electrons. The van der Waals surface area contributed by atoms with Crippen LogP contribution < -0.4 is 4.74 Å². The summed E-state index contributed by atoms with van der Waals surface area (Å²) in [6.07, 6.45) is 0. The first-order chi connectivity index (χ1) is 8.16. The standard InChI is InChI=1S/C13H11ClO3/c14-10-3-1-2-4-13(10)17-8-9-5-6-11(15)12(16)7-9/h1-7,15-16H,8H2. The summed E-state index contributed by atoms with van der Waals surface area (Å²) >= 11 is 5.93. The van der Waals surface area contributed by atoms with Crippen molar-refractivity contribution in [1.29, 1.82) is 0 Å². The van der Waals surface area contributed by atoms with Gasteiger partial charge >= 0.3 is 0 Å². The predicted octanol–water partition coefficient (Wildman–Crippen LogP) is 3.33. The van der Waals surface area contributed by atoms with Gasteiger partial charge in [-0.05, 0) is 29.8 Å². The Labute approximate surface area is 104 Å². The number of benzene rings is 2. The molecule has 4 heteroatoms. The van der Waals surface area contributed by atoms with Crippen molar-refractivity contribution >= 4 is 11.6 Å². The van der Waals surface area contributed by atoms with Crippen molar-refractivity contribution in [3.05, 3.63) is 53.1 Å². The number of para-hydroxylation sites is 1. The Morgan fingerprint density at radius 1 is 1.00 bits per heavy atom. The topological polar surface area (TPSA) is 49.7 Å². The van der Waals surface area contributed by atoms with Crippen LogP contribution in [0.1, 0.15) is 5.56 Å². The Hall–Kier alpha value is -1.87. The van der Waals surface area contributed by atoms with Crippen LogP contribution in [-0.2, 0) is 6.61 Å². The third-order valence-corrected chi connectivity index (χ3v) is 2.58. The number of ether oxygens (including phenoxy) is 1. The van der Waals surface area contributed by atoms with E-state index in [9.17, 15) is 5.11 Å². The highest BCUT2D eigenvalue weighted by molar-refractivity contribution is 6.32. The van der Waals surface area contributed by atoms with Crippen LogP contribution in [0.2, 0.25) is 5.02 Å². The minimum atomic E-state index is -0.162. The van der Waals surface area contributed by atoms with Crippen LogP contribution in [0.4, 0.5) is 0 Å². The van der Waals surface area contributed by atoms with Gasteiger partial charge in [0, 0.05) is 0 Å². The van der Waals surface area contributed by atoms with Gasteiger partial charge < -0.3 is 14.9 Å². The summed E-state index contributed by atoms with van der Waals surface area (Å²) < 4.78 is 5.49. The molecule has 0 unspecified atom stereocenters. The van der Waals surface area contributed by atoms with Crippen molar-refractivity contribution < 1.29 is 14.9 Å². The van der Waals surface area contributed by atoms with Crippen molar-refractivity contribution in [2.75, 3.05) is 0 Å². The molecule has 0 amide bonds. The third-order valence-electron chi connectivity index (χ3n) is 2.27. The van der Waals surface area contributed by atoms with E-state index in [2.05, 4.69) is 0 Å². The van der Waals surface area contributed by atoms with Crippen LogP contribution in [0.3, 0.4) is 0 Å². The van der Waals surface area contributed by atoms with Crippen LogP contribution in [0.5, 0.6) is 17.2 Å². The van der Waals surface area contributed by atoms with Crippen molar-refractivity contribution in [2.45, 2.75) is 6.61 Å². The van der Waals surface area contributed by atoms with Gasteiger partial charge in [0.05, 0.1) is 5.02 Å². The van der Waals surface area contributed by atoms with Crippen LogP contribution in [-0.4, -0.2) is 10.2 Å². The van der Waals surface area contributed by atoms with E-state index in [0.29, 0.717) is 10.8 Å². The van der Waals surface area contributed by atoms with E-state index in [1.807, 2.05) is 12.1 Å². The lowest BCUT2D eigenvalue weighted by Gasteiger charge is -2.08. The third kappa shape index (κ3) is 2.82. The monoisotopic (exact) mass is 250 g/mol. The highest BCUT2D eigenvalue weighted by atomic mass is 35.5. The zero-order chi connectivity index (χ0) is 12.3. The molecule has 0 aromatic heterocycles. The molecule has 0 aliphatic rings. The molecule has 0 saturated heterocycles. The average Bonchev–Trinajstić information content (AvgIpc) is 2.32. The van der Waals surface area contributed by atoms with E-state index in [0.717, 1.165) is 5.56 Å². The van der Waals surface area contributed by atoms with Gasteiger partial charge in [0.1, 0.15) is 12.4 Å². The van der Waals surface area contributed by atoms with Crippen LogP contribution in [0.15, 0.2) is 42.5 Å². The maximum absolute atomic E-state index is 9.32. The Morgan fingerprint density at radius 2 is 1.76 bits per heavy atom. The zero-order valence-corrected chi connectivity index (χ0v) is 9.69. The Morgan fingerprint density at radius 3 is 2.47 bits per heavy atom. The summed E-state index contributed by atoms with van der Waals surface area (Å²) in [5.74, 6) is 0.276. The lowest BCUT2D eigenvalue weighted by molar-refractivity contribution is 0.305. The number of aromatic hydroxyl groups is 2. The smallest absolute Gasteiger partial charge is 0.157 e. The molecule has 0 bridgehead atoms. The number of phenolic OH excluding ortho intramolecular Hbond substituents is 2. The first-order valence-corrected chi connectivity index (χ1v) is 5.43. The van der Waals surface area contributed by atoms with E-state index in [1.165, 1.54) is 12.1 Å². The molecule has 0 atom stereocenters. The van der Waals surface area contributed by atoms with E-state index >= 15 is 0 Å². The molecule has 2 N–H and O–H groups in total. The maximum atomic E-state index is 9.32. The van der Waals surface area contributed by atoms with Crippen molar-refractivity contribution in [2.24, 2.45) is 0 Å². The molecule has 0 spiro atoms. The van der Waals surface area contributed by atoms with Gasteiger partial charge in [-0.25, -0.2) is 0 Å². The molecule has 2 aromatic rings. The van der Waals surface area contributed by atoms with E-state index < -0.39 is 0 Å². The second-order valence-electron chi connectivity index (χ2n) is 3.54. The van der Waals surface area contributed by atoms with Crippen LogP contribution in [0, 0.1) is 0 Å². The molecule has 2 rings (SSSR count). The minimum Gasteiger partial charge on any atom is -0.504 e. The van der Waals surface area contributed by atoms with Gasteiger partial charge in [0.2, 0.25) is 0 Å². The molecule has 0 aliphatic carbocycles. The van der Waals surface area contributed by atoms with Gasteiger partial charge in [-0.3, -0.25) is 0 Å². The molecular formula is C13H11ClO3. The van der Waals surface area contributed by atoms with Gasteiger partial charge in [-0.15, -0.1) is 0 Å². The predicted molar refractivity (Wildman–Crippen MR) is 65.6 cm³/mol. The summed E-state index contributed by atoms with van der Waals surface area (Å²) in [5.41, 5.74) is 0.750. The van der Waals surface area contributed by atoms with Gasteiger partial charge in [0.15, 0.2) is 11.5 Å². The molecule has 0 heterocycles. The fourth-order valence-corrected chi connectivity index (χ4v) is 1.57. The van der Waals surface area contributed by atoms with Crippen molar-refractivity contribution in [3.63, 3.8) is 0 Å². The minimum absolute atomic E-state index is 0.147. The number of hydrogen-bond donors (Lipinski definition) is 2. The fourth-order valence-electron chi connectivity index (χ4n) is 1.38. The number of halogens is 1. The van der Waals surface area contributed by atoms with Crippen molar-refractivity contribution in [3.8, 4) is 17.2 Å². The second kappa shape index (κ2) is 4.97. The van der Waals surface area contributed by atoms with Gasteiger partial charge in [0.25, 0.3) is 0 Å². The highest BCUT2D eigenvalue weighted by Gasteiger charge is 2.03. The van der Waals surface area contributed by atoms with E-state index in [1.54, 1.807) is 18.2 Å². The lowest BCUT2D eigenvalue weighted by Crippen LogP contribution is -1.95. The summed E-state index contributed by atoms with van der Waals surface area (Å²) in [6.45, 7) is 0.275. The summed E-state index contributed by atoms with van der Waals surface area (Å²) in [6, 6.07) is 11.7. The lowest BCUT2D eigenvalue weighted by atomic mass is 10.2. The Bertz CT molecular complexity index is 526. The van der Waals surface area contributed by atoms with Gasteiger partial charge in [-0.1, -0.05) is 29.8 Å². The molecule has 17 heavy (non-hydrogen) atoms. The van der Waals surface area contributed by atoms with Crippen LogP contribution in [0.25, 0.3) is 0 Å². The Balaban J connectivity index is 2.08. The molecule has 2 aromatic carbocycles. The zero-order valence-electron chi connectivity index (χ0n) is 8.93. The summed E-state index contributed by atoms with van der Waals surface area (Å²) in [4.78, 5) is 0. The number of hydrogen-bond acceptors (Lipinski definition) is 3.